The van der Waals surface area contributed by atoms with E-state index in [1.54, 1.807) is 10.7 Å². The predicted molar refractivity (Wildman–Crippen MR) is 86.7 cm³/mol. The van der Waals surface area contributed by atoms with Gasteiger partial charge in [0.15, 0.2) is 4.77 Å². The van der Waals surface area contributed by atoms with E-state index in [1.807, 2.05) is 46.5 Å². The van der Waals surface area contributed by atoms with E-state index in [2.05, 4.69) is 10.1 Å². The number of imidazole rings is 1. The molecular weight excluding hydrogens is 390 g/mol. The summed E-state index contributed by atoms with van der Waals surface area (Å²) >= 11 is 7.29. The average Bonchev–Trinajstić information content (AvgIpc) is 2.92. The van der Waals surface area contributed by atoms with Crippen molar-refractivity contribution in [2.45, 2.75) is 13.0 Å². The Hall–Kier alpha value is -1.22. The van der Waals surface area contributed by atoms with E-state index < -0.39 is 0 Å². The Bertz CT molecular complexity index is 833. The smallest absolute Gasteiger partial charge is 0.178 e. The normalized spacial score (nSPS) is 11.3. The maximum atomic E-state index is 13.7. The van der Waals surface area contributed by atoms with Crippen molar-refractivity contribution < 1.29 is 4.39 Å². The highest BCUT2D eigenvalue weighted by molar-refractivity contribution is 14.1. The van der Waals surface area contributed by atoms with Crippen LogP contribution in [0.15, 0.2) is 24.4 Å². The van der Waals surface area contributed by atoms with Crippen molar-refractivity contribution in [1.82, 2.24) is 19.3 Å². The average molecular weight is 402 g/mol. The summed E-state index contributed by atoms with van der Waals surface area (Å²) < 4.78 is 18.6. The predicted octanol–water partition coefficient (Wildman–Crippen LogP) is 3.42. The topological polar surface area (TPSA) is 38.5 Å². The van der Waals surface area contributed by atoms with Gasteiger partial charge in [0.25, 0.3) is 0 Å². The summed E-state index contributed by atoms with van der Waals surface area (Å²) in [4.78, 5) is 3.12. The second kappa shape index (κ2) is 5.28. The first-order valence-electron chi connectivity index (χ1n) is 6.10. The Labute approximate surface area is 133 Å². The van der Waals surface area contributed by atoms with Gasteiger partial charge in [0.05, 0.1) is 20.3 Å². The number of aromatic nitrogens is 4. The lowest BCUT2D eigenvalue weighted by Crippen LogP contribution is -2.02. The first-order chi connectivity index (χ1) is 9.54. The van der Waals surface area contributed by atoms with Gasteiger partial charge < -0.3 is 9.55 Å². The second-order valence-electron chi connectivity index (χ2n) is 4.60. The van der Waals surface area contributed by atoms with Crippen LogP contribution in [0.3, 0.4) is 0 Å². The van der Waals surface area contributed by atoms with Crippen molar-refractivity contribution in [1.29, 1.82) is 0 Å². The molecule has 0 radical (unpaired) electrons. The summed E-state index contributed by atoms with van der Waals surface area (Å²) in [6.45, 7) is 0.676. The number of aromatic amines is 1. The van der Waals surface area contributed by atoms with Crippen molar-refractivity contribution in [2.75, 3.05) is 0 Å². The van der Waals surface area contributed by atoms with E-state index in [0.717, 1.165) is 23.1 Å². The Morgan fingerprint density at radius 1 is 1.45 bits per heavy atom. The van der Waals surface area contributed by atoms with Gasteiger partial charge in [0.1, 0.15) is 5.82 Å². The number of hydrogen-bond acceptors (Lipinski definition) is 2. The van der Waals surface area contributed by atoms with Crippen molar-refractivity contribution in [2.24, 2.45) is 7.05 Å². The van der Waals surface area contributed by atoms with Gasteiger partial charge in [-0.3, -0.25) is 4.68 Å². The number of halogens is 2. The molecule has 2 heterocycles. The molecule has 0 saturated carbocycles. The van der Waals surface area contributed by atoms with Crippen LogP contribution in [0, 0.1) is 14.2 Å². The van der Waals surface area contributed by atoms with Gasteiger partial charge in [-0.2, -0.15) is 5.10 Å². The van der Waals surface area contributed by atoms with Crippen LogP contribution in [0.2, 0.25) is 0 Å². The van der Waals surface area contributed by atoms with Crippen LogP contribution < -0.4 is 0 Å². The number of hydrogen-bond donors (Lipinski definition) is 1. The quantitative estimate of drug-likeness (QED) is 0.539. The first-order valence-corrected chi connectivity index (χ1v) is 7.59. The maximum Gasteiger partial charge on any atom is 0.178 e. The summed E-state index contributed by atoms with van der Waals surface area (Å²) in [5.74, 6) is -0.223. The minimum Gasteiger partial charge on any atom is -0.331 e. The highest BCUT2D eigenvalue weighted by atomic mass is 127. The molecule has 0 atom stereocenters. The van der Waals surface area contributed by atoms with Gasteiger partial charge in [-0.05, 0) is 46.9 Å². The molecule has 4 nitrogen and oxygen atoms in total. The summed E-state index contributed by atoms with van der Waals surface area (Å²) in [6, 6.07) is 5.28. The molecule has 3 rings (SSSR count). The number of nitrogens with one attached hydrogen (secondary N) is 1. The van der Waals surface area contributed by atoms with E-state index in [9.17, 15) is 4.39 Å². The molecule has 0 saturated heterocycles. The zero-order valence-electron chi connectivity index (χ0n) is 10.7. The zero-order chi connectivity index (χ0) is 14.3. The van der Waals surface area contributed by atoms with Gasteiger partial charge in [0, 0.05) is 32.3 Å². The summed E-state index contributed by atoms with van der Waals surface area (Å²) in [5.41, 5.74) is 2.65. The van der Waals surface area contributed by atoms with E-state index >= 15 is 0 Å². The number of H-pyrrole nitrogens is 1. The number of fused-ring (bicyclic) bond motifs is 1. The zero-order valence-corrected chi connectivity index (χ0v) is 13.7. The Balaban J connectivity index is 1.96. The van der Waals surface area contributed by atoms with Gasteiger partial charge in [-0.15, -0.1) is 0 Å². The molecule has 1 aromatic carbocycles. The minimum atomic E-state index is -0.223. The fraction of sp³-hybridized carbons (Fsp3) is 0.231. The molecule has 2 aromatic heterocycles. The van der Waals surface area contributed by atoms with Crippen molar-refractivity contribution in [3.63, 3.8) is 0 Å². The second-order valence-corrected chi connectivity index (χ2v) is 6.14. The number of rotatable bonds is 3. The molecule has 1 N–H and O–H groups in total. The van der Waals surface area contributed by atoms with Gasteiger partial charge in [-0.1, -0.05) is 0 Å². The number of nitrogens with zero attached hydrogens (tertiary/aromatic N) is 3. The monoisotopic (exact) mass is 402 g/mol. The molecule has 3 aromatic rings. The molecule has 0 fully saturated rings. The molecule has 0 spiro atoms. The molecule has 0 aliphatic carbocycles. The fourth-order valence-electron chi connectivity index (χ4n) is 2.20. The van der Waals surface area contributed by atoms with Crippen LogP contribution in [-0.2, 0) is 20.0 Å². The fourth-order valence-corrected chi connectivity index (χ4v) is 2.96. The van der Waals surface area contributed by atoms with Crippen LogP contribution in [0.25, 0.3) is 11.0 Å². The minimum absolute atomic E-state index is 0.223. The molecule has 20 heavy (non-hydrogen) atoms. The molecule has 0 bridgehead atoms. The van der Waals surface area contributed by atoms with Crippen molar-refractivity contribution in [3.05, 3.63) is 44.2 Å². The highest BCUT2D eigenvalue weighted by Crippen LogP contribution is 2.21. The summed E-state index contributed by atoms with van der Waals surface area (Å²) in [6.07, 6.45) is 2.67. The van der Waals surface area contributed by atoms with Crippen LogP contribution in [0.4, 0.5) is 4.39 Å². The van der Waals surface area contributed by atoms with E-state index in [0.29, 0.717) is 14.9 Å². The lowest BCUT2D eigenvalue weighted by molar-refractivity contribution is 0.619. The van der Waals surface area contributed by atoms with Crippen molar-refractivity contribution >= 4 is 45.8 Å². The molecule has 7 heteroatoms. The molecule has 0 aliphatic heterocycles. The van der Waals surface area contributed by atoms with Gasteiger partial charge >= 0.3 is 0 Å². The van der Waals surface area contributed by atoms with Gasteiger partial charge in [-0.25, -0.2) is 4.39 Å². The summed E-state index contributed by atoms with van der Waals surface area (Å²) in [5, 5.41) is 4.34. The largest absolute Gasteiger partial charge is 0.331 e. The first kappa shape index (κ1) is 13.7. The van der Waals surface area contributed by atoms with E-state index in [-0.39, 0.29) is 5.82 Å². The van der Waals surface area contributed by atoms with Crippen LogP contribution in [0.1, 0.15) is 5.69 Å². The molecule has 0 unspecified atom stereocenters. The van der Waals surface area contributed by atoms with E-state index in [4.69, 9.17) is 12.2 Å². The highest BCUT2D eigenvalue weighted by Gasteiger charge is 2.09. The third-order valence-corrected chi connectivity index (χ3v) is 4.33. The molecule has 104 valence electrons. The summed E-state index contributed by atoms with van der Waals surface area (Å²) in [7, 11) is 1.89. The van der Waals surface area contributed by atoms with Crippen LogP contribution in [-0.4, -0.2) is 19.3 Å². The van der Waals surface area contributed by atoms with E-state index in [1.165, 1.54) is 6.07 Å². The standard InChI is InChI=1S/C13H12FIN4S/c1-18-4-2-8(17-18)3-5-19-12-6-9(14)10(15)7-11(12)16-13(19)20/h2,4,6-7H,3,5H2,1H3,(H,16,20). The maximum absolute atomic E-state index is 13.7. The molecule has 0 aliphatic rings. The lowest BCUT2D eigenvalue weighted by Gasteiger charge is -2.03. The van der Waals surface area contributed by atoms with Crippen LogP contribution >= 0.6 is 34.8 Å². The SMILES string of the molecule is Cn1ccc(CCn2c(=S)[nH]c3cc(I)c(F)cc32)n1. The number of aryl methyl sites for hydroxylation is 3. The third-order valence-electron chi connectivity index (χ3n) is 3.18. The Morgan fingerprint density at radius 3 is 2.95 bits per heavy atom. The third kappa shape index (κ3) is 2.51. The number of benzene rings is 1. The van der Waals surface area contributed by atoms with Crippen molar-refractivity contribution in [3.8, 4) is 0 Å². The Morgan fingerprint density at radius 2 is 2.25 bits per heavy atom. The Kier molecular flexibility index (Phi) is 3.63. The van der Waals surface area contributed by atoms with Crippen LogP contribution in [0.5, 0.6) is 0 Å². The molecule has 0 amide bonds. The molecular formula is C13H12FIN4S. The lowest BCUT2D eigenvalue weighted by atomic mass is 10.3. The van der Waals surface area contributed by atoms with Gasteiger partial charge in [0.2, 0.25) is 0 Å².